The van der Waals surface area contributed by atoms with Gasteiger partial charge in [0.15, 0.2) is 0 Å². The number of carbonyl (C=O) groups excluding carboxylic acids is 2. The Labute approximate surface area is 171 Å². The molecule has 0 fully saturated rings. The van der Waals surface area contributed by atoms with E-state index in [4.69, 9.17) is 4.74 Å². The fourth-order valence-corrected chi connectivity index (χ4v) is 3.75. The first-order chi connectivity index (χ1) is 14.2. The first-order valence-corrected chi connectivity index (χ1v) is 9.98. The number of nitrogens with zero attached hydrogens (tertiary/aromatic N) is 5. The third-order valence-corrected chi connectivity index (χ3v) is 5.13. The molecule has 2 aromatic carbocycles. The van der Waals surface area contributed by atoms with Crippen molar-refractivity contribution in [2.45, 2.75) is 12.1 Å². The van der Waals surface area contributed by atoms with E-state index in [1.165, 1.54) is 16.7 Å². The van der Waals surface area contributed by atoms with Gasteiger partial charge in [-0.2, -0.15) is 4.68 Å². The number of thioether (sulfide) groups is 1. The molecule has 9 nitrogen and oxygen atoms in total. The highest BCUT2D eigenvalue weighted by Gasteiger charge is 2.27. The molecule has 1 aromatic heterocycles. The Balaban J connectivity index is 1.52. The molecular formula is C19H18N6O3S. The Morgan fingerprint density at radius 3 is 2.76 bits per heavy atom. The number of amides is 2. The van der Waals surface area contributed by atoms with Crippen molar-refractivity contribution < 1.29 is 14.3 Å². The molecule has 0 bridgehead atoms. The van der Waals surface area contributed by atoms with E-state index < -0.39 is 0 Å². The summed E-state index contributed by atoms with van der Waals surface area (Å²) in [4.78, 5) is 26.3. The van der Waals surface area contributed by atoms with Crippen LogP contribution in [0.2, 0.25) is 0 Å². The minimum Gasteiger partial charge on any atom is -0.492 e. The minimum atomic E-state index is -0.225. The fourth-order valence-electron chi connectivity index (χ4n) is 2.99. The van der Waals surface area contributed by atoms with Crippen LogP contribution in [0.3, 0.4) is 0 Å². The molecular weight excluding hydrogens is 392 g/mol. The molecule has 148 valence electrons. The Morgan fingerprint density at radius 2 is 1.93 bits per heavy atom. The van der Waals surface area contributed by atoms with Crippen LogP contribution >= 0.6 is 11.8 Å². The highest BCUT2D eigenvalue weighted by atomic mass is 32.2. The van der Waals surface area contributed by atoms with E-state index in [0.717, 1.165) is 0 Å². The van der Waals surface area contributed by atoms with Crippen LogP contribution in [0.4, 0.5) is 11.4 Å². The molecule has 0 atom stereocenters. The van der Waals surface area contributed by atoms with Gasteiger partial charge in [-0.15, -0.1) is 5.10 Å². The standard InChI is InChI=1S/C19H18N6O3S/c1-2-28-16-10-6-5-9-15(16)25-19(21-22-23-25)29-12-18(27)24-11-17(26)20-13-7-3-4-8-14(13)24/h3-10H,2,11-12H2,1H3,(H,20,26). The normalized spacial score (nSPS) is 13.0. The Bertz CT molecular complexity index is 1050. The van der Waals surface area contributed by atoms with Crippen molar-refractivity contribution in [3.63, 3.8) is 0 Å². The number of hydrogen-bond donors (Lipinski definition) is 1. The van der Waals surface area contributed by atoms with Gasteiger partial charge in [-0.3, -0.25) is 9.59 Å². The van der Waals surface area contributed by atoms with Gasteiger partial charge in [0.05, 0.1) is 23.7 Å². The number of rotatable bonds is 6. The lowest BCUT2D eigenvalue weighted by atomic mass is 10.2. The minimum absolute atomic E-state index is 0.0193. The van der Waals surface area contributed by atoms with E-state index in [-0.39, 0.29) is 24.1 Å². The van der Waals surface area contributed by atoms with Crippen LogP contribution in [-0.2, 0) is 9.59 Å². The van der Waals surface area contributed by atoms with E-state index in [0.29, 0.717) is 34.6 Å². The molecule has 0 saturated carbocycles. The van der Waals surface area contributed by atoms with Gasteiger partial charge in [-0.25, -0.2) is 0 Å². The summed E-state index contributed by atoms with van der Waals surface area (Å²) < 4.78 is 7.18. The highest BCUT2D eigenvalue weighted by Crippen LogP contribution is 2.30. The maximum Gasteiger partial charge on any atom is 0.244 e. The average Bonchev–Trinajstić information content (AvgIpc) is 3.20. The smallest absolute Gasteiger partial charge is 0.244 e. The number of tetrazole rings is 1. The van der Waals surface area contributed by atoms with Crippen LogP contribution in [0.25, 0.3) is 5.69 Å². The monoisotopic (exact) mass is 410 g/mol. The quantitative estimate of drug-likeness (QED) is 0.621. The van der Waals surface area contributed by atoms with Crippen molar-refractivity contribution in [1.82, 2.24) is 20.2 Å². The lowest BCUT2D eigenvalue weighted by molar-refractivity contribution is -0.120. The van der Waals surface area contributed by atoms with Crippen molar-refractivity contribution in [2.24, 2.45) is 0 Å². The van der Waals surface area contributed by atoms with E-state index >= 15 is 0 Å². The Morgan fingerprint density at radius 1 is 1.17 bits per heavy atom. The van der Waals surface area contributed by atoms with Gasteiger partial charge < -0.3 is 15.0 Å². The Hall–Kier alpha value is -3.40. The molecule has 2 heterocycles. The molecule has 0 unspecified atom stereocenters. The summed E-state index contributed by atoms with van der Waals surface area (Å²) in [7, 11) is 0. The Kier molecular flexibility index (Phi) is 5.43. The van der Waals surface area contributed by atoms with Gasteiger partial charge >= 0.3 is 0 Å². The zero-order valence-electron chi connectivity index (χ0n) is 15.6. The van der Waals surface area contributed by atoms with Crippen molar-refractivity contribution in [1.29, 1.82) is 0 Å². The number of ether oxygens (including phenoxy) is 1. The summed E-state index contributed by atoms with van der Waals surface area (Å²) in [5.41, 5.74) is 1.99. The number of hydrogen-bond acceptors (Lipinski definition) is 7. The molecule has 0 radical (unpaired) electrons. The topological polar surface area (TPSA) is 102 Å². The van der Waals surface area contributed by atoms with Gasteiger partial charge in [0.25, 0.3) is 0 Å². The lowest BCUT2D eigenvalue weighted by Gasteiger charge is -2.28. The predicted octanol–water partition coefficient (Wildman–Crippen LogP) is 2.14. The molecule has 2 amide bonds. The molecule has 0 saturated heterocycles. The van der Waals surface area contributed by atoms with E-state index in [1.807, 2.05) is 43.3 Å². The van der Waals surface area contributed by atoms with E-state index in [9.17, 15) is 9.59 Å². The van der Waals surface area contributed by atoms with Crippen molar-refractivity contribution in [3.05, 3.63) is 48.5 Å². The fraction of sp³-hybridized carbons (Fsp3) is 0.211. The average molecular weight is 410 g/mol. The number of nitrogens with one attached hydrogen (secondary N) is 1. The van der Waals surface area contributed by atoms with Gasteiger partial charge in [0.2, 0.25) is 17.0 Å². The summed E-state index contributed by atoms with van der Waals surface area (Å²) in [6.07, 6.45) is 0. The van der Waals surface area contributed by atoms with Gasteiger partial charge in [-0.05, 0) is 41.6 Å². The molecule has 10 heteroatoms. The van der Waals surface area contributed by atoms with Gasteiger partial charge in [0, 0.05) is 0 Å². The zero-order valence-corrected chi connectivity index (χ0v) is 16.4. The second-order valence-corrected chi connectivity index (χ2v) is 7.05. The number of benzene rings is 2. The summed E-state index contributed by atoms with van der Waals surface area (Å²) in [5, 5.41) is 15.0. The van der Waals surface area contributed by atoms with Crippen molar-refractivity contribution in [3.8, 4) is 11.4 Å². The molecule has 0 aliphatic carbocycles. The lowest BCUT2D eigenvalue weighted by Crippen LogP contribution is -2.43. The van der Waals surface area contributed by atoms with Crippen LogP contribution in [-0.4, -0.2) is 50.9 Å². The summed E-state index contributed by atoms with van der Waals surface area (Å²) in [6, 6.07) is 14.6. The highest BCUT2D eigenvalue weighted by molar-refractivity contribution is 7.99. The SMILES string of the molecule is CCOc1ccccc1-n1nnnc1SCC(=O)N1CC(=O)Nc2ccccc21. The first-order valence-electron chi connectivity index (χ1n) is 9.00. The molecule has 1 aliphatic rings. The molecule has 1 N–H and O–H groups in total. The van der Waals surface area contributed by atoms with Crippen LogP contribution in [0.5, 0.6) is 5.75 Å². The largest absolute Gasteiger partial charge is 0.492 e. The molecule has 4 rings (SSSR count). The van der Waals surface area contributed by atoms with Crippen molar-refractivity contribution >= 4 is 35.0 Å². The maximum absolute atomic E-state index is 12.8. The predicted molar refractivity (Wildman–Crippen MR) is 108 cm³/mol. The molecule has 0 spiro atoms. The van der Waals surface area contributed by atoms with Crippen LogP contribution in [0.15, 0.2) is 53.7 Å². The molecule has 3 aromatic rings. The van der Waals surface area contributed by atoms with Crippen molar-refractivity contribution in [2.75, 3.05) is 29.1 Å². The first kappa shape index (κ1) is 18.9. The second-order valence-electron chi connectivity index (χ2n) is 6.11. The second kappa shape index (κ2) is 8.31. The van der Waals surface area contributed by atoms with Gasteiger partial charge in [0.1, 0.15) is 18.0 Å². The maximum atomic E-state index is 12.8. The third-order valence-electron chi connectivity index (χ3n) is 4.23. The number of para-hydroxylation sites is 4. The van der Waals surface area contributed by atoms with Crippen LogP contribution in [0.1, 0.15) is 6.92 Å². The number of carbonyl (C=O) groups is 2. The third kappa shape index (κ3) is 3.92. The van der Waals surface area contributed by atoms with E-state index in [2.05, 4.69) is 20.8 Å². The van der Waals surface area contributed by atoms with E-state index in [1.54, 1.807) is 16.8 Å². The van der Waals surface area contributed by atoms with Crippen LogP contribution in [0, 0.1) is 0 Å². The summed E-state index contributed by atoms with van der Waals surface area (Å²) >= 11 is 1.20. The summed E-state index contributed by atoms with van der Waals surface area (Å²) in [6.45, 7) is 2.39. The van der Waals surface area contributed by atoms with Gasteiger partial charge in [-0.1, -0.05) is 36.0 Å². The number of aromatic nitrogens is 4. The van der Waals surface area contributed by atoms with Crippen LogP contribution < -0.4 is 15.0 Å². The summed E-state index contributed by atoms with van der Waals surface area (Å²) in [5.74, 6) is 0.304. The molecule has 1 aliphatic heterocycles. The number of anilines is 2. The molecule has 29 heavy (non-hydrogen) atoms. The number of fused-ring (bicyclic) bond motifs is 1. The zero-order chi connectivity index (χ0) is 20.2.